The van der Waals surface area contributed by atoms with Gasteiger partial charge in [0.2, 0.25) is 0 Å². The van der Waals surface area contributed by atoms with Gasteiger partial charge in [0.05, 0.1) is 13.2 Å². The fourth-order valence-electron chi connectivity index (χ4n) is 5.79. The van der Waals surface area contributed by atoms with Crippen molar-refractivity contribution in [1.29, 1.82) is 0 Å². The second kappa shape index (κ2) is 6.22. The minimum Gasteiger partial charge on any atom is -0.497 e. The molecule has 1 saturated carbocycles. The van der Waals surface area contributed by atoms with E-state index in [1.165, 1.54) is 49.7 Å². The van der Waals surface area contributed by atoms with Crippen molar-refractivity contribution >= 4 is 5.57 Å². The zero-order valence-electron chi connectivity index (χ0n) is 15.1. The minimum absolute atomic E-state index is 0.0830. The van der Waals surface area contributed by atoms with Crippen LogP contribution in [-0.2, 0) is 6.42 Å². The Morgan fingerprint density at radius 2 is 2.08 bits per heavy atom. The van der Waals surface area contributed by atoms with Gasteiger partial charge in [-0.15, -0.1) is 0 Å². The number of hydrogen-bond donors (Lipinski definition) is 1. The first kappa shape index (κ1) is 16.2. The molecule has 1 fully saturated rings. The first-order valence-electron chi connectivity index (χ1n) is 9.77. The highest BCUT2D eigenvalue weighted by molar-refractivity contribution is 5.75. The van der Waals surface area contributed by atoms with E-state index in [-0.39, 0.29) is 11.5 Å². The van der Waals surface area contributed by atoms with Crippen molar-refractivity contribution in [3.05, 3.63) is 34.9 Å². The Morgan fingerprint density at radius 3 is 2.88 bits per heavy atom. The lowest BCUT2D eigenvalue weighted by atomic mass is 9.59. The zero-order chi connectivity index (χ0) is 16.7. The average molecular weight is 326 g/mol. The normalized spacial score (nSPS) is 31.5. The van der Waals surface area contributed by atoms with Crippen LogP contribution in [0, 0.1) is 11.3 Å². The molecule has 1 aromatic rings. The van der Waals surface area contributed by atoms with Crippen LogP contribution in [0.2, 0.25) is 0 Å². The third-order valence-corrected chi connectivity index (χ3v) is 7.03. The number of benzene rings is 1. The molecule has 0 bridgehead atoms. The first-order chi connectivity index (χ1) is 11.7. The van der Waals surface area contributed by atoms with Gasteiger partial charge in [-0.1, -0.05) is 31.4 Å². The molecule has 2 nitrogen and oxygen atoms in total. The van der Waals surface area contributed by atoms with E-state index in [2.05, 4.69) is 25.1 Å². The number of ether oxygens (including phenoxy) is 1. The van der Waals surface area contributed by atoms with E-state index in [1.54, 1.807) is 18.3 Å². The van der Waals surface area contributed by atoms with Gasteiger partial charge in [-0.3, -0.25) is 0 Å². The maximum Gasteiger partial charge on any atom is 0.119 e. The van der Waals surface area contributed by atoms with Gasteiger partial charge in [-0.2, -0.15) is 0 Å². The predicted molar refractivity (Wildman–Crippen MR) is 98.2 cm³/mol. The molecule has 3 atom stereocenters. The van der Waals surface area contributed by atoms with E-state index < -0.39 is 0 Å². The maximum atomic E-state index is 10.8. The summed E-state index contributed by atoms with van der Waals surface area (Å²) < 4.78 is 5.41. The molecule has 0 heterocycles. The van der Waals surface area contributed by atoms with Crippen LogP contribution in [0.15, 0.2) is 23.8 Å². The SMILES string of the molecule is CCCC[C@]12CCC3=C(CCc4cc(OC)ccc43)[C@@H]1CC[C@@H]2O. The van der Waals surface area contributed by atoms with Gasteiger partial charge in [0.15, 0.2) is 0 Å². The molecular weight excluding hydrogens is 296 g/mol. The third-order valence-electron chi connectivity index (χ3n) is 7.03. The quantitative estimate of drug-likeness (QED) is 0.830. The van der Waals surface area contributed by atoms with Gasteiger partial charge in [0.25, 0.3) is 0 Å². The summed E-state index contributed by atoms with van der Waals surface area (Å²) in [4.78, 5) is 0. The molecule has 4 rings (SSSR count). The van der Waals surface area contributed by atoms with Gasteiger partial charge in [0, 0.05) is 5.41 Å². The third kappa shape index (κ3) is 2.34. The Hall–Kier alpha value is -1.28. The van der Waals surface area contributed by atoms with Crippen molar-refractivity contribution in [3.8, 4) is 5.75 Å². The fourth-order valence-corrected chi connectivity index (χ4v) is 5.79. The largest absolute Gasteiger partial charge is 0.497 e. The van der Waals surface area contributed by atoms with Crippen LogP contribution in [-0.4, -0.2) is 18.3 Å². The number of methoxy groups -OCH3 is 1. The van der Waals surface area contributed by atoms with Crippen molar-refractivity contribution in [1.82, 2.24) is 0 Å². The molecule has 0 amide bonds. The number of aliphatic hydroxyl groups is 1. The van der Waals surface area contributed by atoms with E-state index >= 15 is 0 Å². The van der Waals surface area contributed by atoms with Crippen LogP contribution in [0.1, 0.15) is 69.4 Å². The number of rotatable bonds is 4. The molecule has 24 heavy (non-hydrogen) atoms. The summed E-state index contributed by atoms with van der Waals surface area (Å²) in [5, 5.41) is 10.8. The highest BCUT2D eigenvalue weighted by Gasteiger charge is 2.52. The highest BCUT2D eigenvalue weighted by Crippen LogP contribution is 2.60. The van der Waals surface area contributed by atoms with Crippen molar-refractivity contribution in [2.24, 2.45) is 11.3 Å². The lowest BCUT2D eigenvalue weighted by molar-refractivity contribution is 0.0137. The maximum absolute atomic E-state index is 10.8. The van der Waals surface area contributed by atoms with Crippen molar-refractivity contribution in [3.63, 3.8) is 0 Å². The molecule has 0 aliphatic heterocycles. The van der Waals surface area contributed by atoms with E-state index in [0.717, 1.165) is 25.0 Å². The fraction of sp³-hybridized carbons (Fsp3) is 0.636. The Labute approximate surface area is 145 Å². The minimum atomic E-state index is -0.0830. The van der Waals surface area contributed by atoms with Crippen LogP contribution in [0.3, 0.4) is 0 Å². The Morgan fingerprint density at radius 1 is 1.21 bits per heavy atom. The van der Waals surface area contributed by atoms with Gasteiger partial charge >= 0.3 is 0 Å². The topological polar surface area (TPSA) is 29.5 Å². The lowest BCUT2D eigenvalue weighted by Gasteiger charge is -2.46. The summed E-state index contributed by atoms with van der Waals surface area (Å²) >= 11 is 0. The average Bonchev–Trinajstić information content (AvgIpc) is 2.96. The smallest absolute Gasteiger partial charge is 0.119 e. The van der Waals surface area contributed by atoms with E-state index in [4.69, 9.17) is 4.74 Å². The number of hydrogen-bond acceptors (Lipinski definition) is 2. The van der Waals surface area contributed by atoms with Gasteiger partial charge in [-0.25, -0.2) is 0 Å². The molecule has 1 N–H and O–H groups in total. The Kier molecular flexibility index (Phi) is 4.20. The van der Waals surface area contributed by atoms with Gasteiger partial charge in [0.1, 0.15) is 5.75 Å². The Bertz CT molecular complexity index is 660. The summed E-state index contributed by atoms with van der Waals surface area (Å²) in [6, 6.07) is 6.60. The molecule has 0 spiro atoms. The van der Waals surface area contributed by atoms with Crippen LogP contribution in [0.4, 0.5) is 0 Å². The summed E-state index contributed by atoms with van der Waals surface area (Å²) in [6.45, 7) is 2.27. The zero-order valence-corrected chi connectivity index (χ0v) is 15.1. The standard InChI is InChI=1S/C22H30O2/c1-3-4-12-22-13-11-18-17-8-6-16(24-2)14-15(17)5-7-19(18)20(22)9-10-21(22)23/h6,8,14,20-21,23H,3-5,7,9-13H2,1-2H3/t20-,21-,22-/m0/s1. The van der Waals surface area contributed by atoms with Crippen molar-refractivity contribution < 1.29 is 9.84 Å². The Balaban J connectivity index is 1.73. The molecule has 0 radical (unpaired) electrons. The van der Waals surface area contributed by atoms with Crippen molar-refractivity contribution in [2.75, 3.05) is 7.11 Å². The molecule has 0 aromatic heterocycles. The van der Waals surface area contributed by atoms with E-state index in [9.17, 15) is 5.11 Å². The van der Waals surface area contributed by atoms with E-state index in [1.807, 2.05) is 0 Å². The van der Waals surface area contributed by atoms with E-state index in [0.29, 0.717) is 5.92 Å². The van der Waals surface area contributed by atoms with Crippen LogP contribution in [0.25, 0.3) is 5.57 Å². The number of allylic oxidation sites excluding steroid dienone is 2. The number of aliphatic hydroxyl groups excluding tert-OH is 1. The summed E-state index contributed by atoms with van der Waals surface area (Å²) in [5.74, 6) is 1.60. The van der Waals surface area contributed by atoms with Crippen LogP contribution >= 0.6 is 0 Å². The molecule has 130 valence electrons. The highest BCUT2D eigenvalue weighted by atomic mass is 16.5. The second-order valence-electron chi connectivity index (χ2n) is 8.01. The molecule has 0 saturated heterocycles. The van der Waals surface area contributed by atoms with Crippen LogP contribution < -0.4 is 4.74 Å². The molecule has 2 heteroatoms. The summed E-state index contributed by atoms with van der Waals surface area (Å²) in [6.07, 6.45) is 10.4. The van der Waals surface area contributed by atoms with Crippen molar-refractivity contribution in [2.45, 2.75) is 70.8 Å². The second-order valence-corrected chi connectivity index (χ2v) is 8.01. The molecule has 1 aromatic carbocycles. The first-order valence-corrected chi connectivity index (χ1v) is 9.77. The van der Waals surface area contributed by atoms with Crippen LogP contribution in [0.5, 0.6) is 5.75 Å². The number of aryl methyl sites for hydroxylation is 1. The lowest BCUT2D eigenvalue weighted by Crippen LogP contribution is -2.39. The monoisotopic (exact) mass is 326 g/mol. The predicted octanol–water partition coefficient (Wildman–Crippen LogP) is 5.14. The number of fused-ring (bicyclic) bond motifs is 4. The summed E-state index contributed by atoms with van der Waals surface area (Å²) in [7, 11) is 1.75. The van der Waals surface area contributed by atoms with Gasteiger partial charge < -0.3 is 9.84 Å². The van der Waals surface area contributed by atoms with Gasteiger partial charge in [-0.05, 0) is 79.7 Å². The molecule has 0 unspecified atom stereocenters. The number of unbranched alkanes of at least 4 members (excludes halogenated alkanes) is 1. The molecule has 3 aliphatic rings. The summed E-state index contributed by atoms with van der Waals surface area (Å²) in [5.41, 5.74) is 6.38. The molecule has 3 aliphatic carbocycles. The molecular formula is C22H30O2.